The van der Waals surface area contributed by atoms with Gasteiger partial charge < -0.3 is 9.80 Å². The van der Waals surface area contributed by atoms with Crippen molar-refractivity contribution in [1.82, 2.24) is 14.9 Å². The smallest absolute Gasteiger partial charge is 0.254 e. The number of hydrogen-bond donors (Lipinski definition) is 0. The Hall–Kier alpha value is -2.34. The van der Waals surface area contributed by atoms with Crippen molar-refractivity contribution in [1.29, 1.82) is 0 Å². The fourth-order valence-corrected chi connectivity index (χ4v) is 4.35. The first-order valence-electron chi connectivity index (χ1n) is 10.4. The average molecular weight is 490 g/mol. The van der Waals surface area contributed by atoms with Gasteiger partial charge in [-0.3, -0.25) is 4.79 Å². The summed E-state index contributed by atoms with van der Waals surface area (Å²) in [6.45, 7) is 6.51. The van der Waals surface area contributed by atoms with Crippen molar-refractivity contribution in [2.45, 2.75) is 20.3 Å². The number of amides is 1. The van der Waals surface area contributed by atoms with Crippen molar-refractivity contribution in [3.05, 3.63) is 85.7 Å². The van der Waals surface area contributed by atoms with Crippen molar-refractivity contribution in [3.8, 4) is 0 Å². The van der Waals surface area contributed by atoms with E-state index >= 15 is 0 Å². The van der Waals surface area contributed by atoms with E-state index < -0.39 is 0 Å². The van der Waals surface area contributed by atoms with Gasteiger partial charge in [0.05, 0.1) is 10.0 Å². The molecule has 0 radical (unpaired) electrons. The maximum Gasteiger partial charge on any atom is 0.254 e. The number of piperazine rings is 1. The Kier molecular flexibility index (Phi) is 6.89. The van der Waals surface area contributed by atoms with Gasteiger partial charge in [0.25, 0.3) is 5.91 Å². The second-order valence-corrected chi connectivity index (χ2v) is 9.12. The fourth-order valence-electron chi connectivity index (χ4n) is 3.93. The van der Waals surface area contributed by atoms with Gasteiger partial charge in [0.15, 0.2) is 0 Å². The lowest BCUT2D eigenvalue weighted by atomic mass is 10.0. The highest BCUT2D eigenvalue weighted by Crippen LogP contribution is 2.27. The Bertz CT molecular complexity index is 1140. The molecule has 8 heteroatoms. The van der Waals surface area contributed by atoms with E-state index in [9.17, 15) is 4.79 Å². The lowest BCUT2D eigenvalue weighted by Gasteiger charge is -2.36. The van der Waals surface area contributed by atoms with Gasteiger partial charge >= 0.3 is 0 Å². The van der Waals surface area contributed by atoms with E-state index in [1.807, 2.05) is 43.0 Å². The molecule has 2 aromatic carbocycles. The van der Waals surface area contributed by atoms with E-state index in [1.54, 1.807) is 18.2 Å². The van der Waals surface area contributed by atoms with Crippen LogP contribution in [0.5, 0.6) is 0 Å². The SMILES string of the molecule is Cc1nc(C)c(Cc2ccc(Cl)cc2)c(N2CCN(C(=O)c3ccc(Cl)c(Cl)c3)CC2)n1. The topological polar surface area (TPSA) is 49.3 Å². The van der Waals surface area contributed by atoms with Gasteiger partial charge in [-0.2, -0.15) is 0 Å². The number of benzene rings is 2. The summed E-state index contributed by atoms with van der Waals surface area (Å²) >= 11 is 18.1. The quantitative estimate of drug-likeness (QED) is 0.478. The van der Waals surface area contributed by atoms with Crippen LogP contribution in [0.2, 0.25) is 15.1 Å². The van der Waals surface area contributed by atoms with E-state index in [4.69, 9.17) is 39.8 Å². The van der Waals surface area contributed by atoms with Crippen molar-refractivity contribution in [3.63, 3.8) is 0 Å². The minimum absolute atomic E-state index is 0.0420. The molecule has 0 bridgehead atoms. The highest BCUT2D eigenvalue weighted by atomic mass is 35.5. The van der Waals surface area contributed by atoms with Gasteiger partial charge in [0.2, 0.25) is 0 Å². The molecule has 1 saturated heterocycles. The molecule has 4 rings (SSSR count). The molecule has 166 valence electrons. The van der Waals surface area contributed by atoms with Crippen molar-refractivity contribution >= 4 is 46.5 Å². The number of nitrogens with zero attached hydrogens (tertiary/aromatic N) is 4. The van der Waals surface area contributed by atoms with Crippen LogP contribution >= 0.6 is 34.8 Å². The molecule has 1 aromatic heterocycles. The molecule has 0 aliphatic carbocycles. The van der Waals surface area contributed by atoms with Gasteiger partial charge in [-0.15, -0.1) is 0 Å². The number of aromatic nitrogens is 2. The molecule has 2 heterocycles. The number of carbonyl (C=O) groups excluding carboxylic acids is 1. The summed E-state index contributed by atoms with van der Waals surface area (Å²) < 4.78 is 0. The number of carbonyl (C=O) groups is 1. The summed E-state index contributed by atoms with van der Waals surface area (Å²) in [4.78, 5) is 26.4. The standard InChI is InChI=1S/C24H23Cl3N4O/c1-15-20(13-17-3-6-19(25)7-4-17)23(29-16(2)28-15)30-9-11-31(12-10-30)24(32)18-5-8-21(26)22(27)14-18/h3-8,14H,9-13H2,1-2H3. The highest BCUT2D eigenvalue weighted by molar-refractivity contribution is 6.42. The number of hydrogen-bond acceptors (Lipinski definition) is 4. The molecule has 1 aliphatic heterocycles. The van der Waals surface area contributed by atoms with Crippen LogP contribution in [0.25, 0.3) is 0 Å². The minimum Gasteiger partial charge on any atom is -0.353 e. The molecular weight excluding hydrogens is 467 g/mol. The monoisotopic (exact) mass is 488 g/mol. The molecule has 0 saturated carbocycles. The molecule has 0 atom stereocenters. The molecule has 0 spiro atoms. The molecule has 5 nitrogen and oxygen atoms in total. The largest absolute Gasteiger partial charge is 0.353 e. The fraction of sp³-hybridized carbons (Fsp3) is 0.292. The van der Waals surface area contributed by atoms with Gasteiger partial charge in [0, 0.05) is 54.4 Å². The summed E-state index contributed by atoms with van der Waals surface area (Å²) in [5, 5.41) is 1.54. The first kappa shape index (κ1) is 22.8. The van der Waals surface area contributed by atoms with Crippen LogP contribution < -0.4 is 4.90 Å². The lowest BCUT2D eigenvalue weighted by Crippen LogP contribution is -2.49. The van der Waals surface area contributed by atoms with E-state index in [0.29, 0.717) is 46.8 Å². The van der Waals surface area contributed by atoms with Crippen LogP contribution in [0.15, 0.2) is 42.5 Å². The number of aryl methyl sites for hydroxylation is 2. The first-order chi connectivity index (χ1) is 15.3. The molecular formula is C24H23Cl3N4O. The summed E-state index contributed by atoms with van der Waals surface area (Å²) in [5.41, 5.74) is 3.77. The van der Waals surface area contributed by atoms with Crippen LogP contribution in [0.3, 0.4) is 0 Å². The summed E-state index contributed by atoms with van der Waals surface area (Å²) in [7, 11) is 0. The maximum absolute atomic E-state index is 12.9. The summed E-state index contributed by atoms with van der Waals surface area (Å²) in [6.07, 6.45) is 0.723. The first-order valence-corrected chi connectivity index (χ1v) is 11.5. The second-order valence-electron chi connectivity index (χ2n) is 7.87. The maximum atomic E-state index is 12.9. The molecule has 0 N–H and O–H groups in total. The Morgan fingerprint density at radius 2 is 1.59 bits per heavy atom. The van der Waals surface area contributed by atoms with Gasteiger partial charge in [0.1, 0.15) is 11.6 Å². The lowest BCUT2D eigenvalue weighted by molar-refractivity contribution is 0.0746. The van der Waals surface area contributed by atoms with Crippen LogP contribution in [0.1, 0.15) is 33.0 Å². The normalized spacial score (nSPS) is 14.0. The third kappa shape index (κ3) is 5.01. The predicted octanol–water partition coefficient (Wildman–Crippen LogP) is 5.61. The Labute approximate surface area is 202 Å². The van der Waals surface area contributed by atoms with E-state index in [0.717, 1.165) is 34.9 Å². The zero-order chi connectivity index (χ0) is 22.8. The van der Waals surface area contributed by atoms with Crippen LogP contribution in [0.4, 0.5) is 5.82 Å². The molecule has 3 aromatic rings. The Morgan fingerprint density at radius 3 is 2.25 bits per heavy atom. The van der Waals surface area contributed by atoms with Gasteiger partial charge in [-0.05, 0) is 49.7 Å². The Balaban J connectivity index is 1.52. The zero-order valence-corrected chi connectivity index (χ0v) is 20.2. The van der Waals surface area contributed by atoms with Gasteiger partial charge in [-0.25, -0.2) is 9.97 Å². The number of halogens is 3. The third-order valence-corrected chi connectivity index (χ3v) is 6.62. The summed E-state index contributed by atoms with van der Waals surface area (Å²) in [5.74, 6) is 1.64. The predicted molar refractivity (Wildman–Crippen MR) is 130 cm³/mol. The number of rotatable bonds is 4. The molecule has 0 unspecified atom stereocenters. The molecule has 1 amide bonds. The molecule has 1 fully saturated rings. The van der Waals surface area contributed by atoms with E-state index in [-0.39, 0.29) is 5.91 Å². The second kappa shape index (κ2) is 9.65. The van der Waals surface area contributed by atoms with E-state index in [1.165, 1.54) is 0 Å². The van der Waals surface area contributed by atoms with Crippen molar-refractivity contribution < 1.29 is 4.79 Å². The van der Waals surface area contributed by atoms with Crippen LogP contribution in [0, 0.1) is 13.8 Å². The molecule has 1 aliphatic rings. The third-order valence-electron chi connectivity index (χ3n) is 5.63. The minimum atomic E-state index is -0.0420. The average Bonchev–Trinajstić information content (AvgIpc) is 2.78. The van der Waals surface area contributed by atoms with Crippen molar-refractivity contribution in [2.24, 2.45) is 0 Å². The van der Waals surface area contributed by atoms with E-state index in [2.05, 4.69) is 9.88 Å². The van der Waals surface area contributed by atoms with Crippen LogP contribution in [-0.2, 0) is 6.42 Å². The van der Waals surface area contributed by atoms with Crippen LogP contribution in [-0.4, -0.2) is 47.0 Å². The van der Waals surface area contributed by atoms with Crippen molar-refractivity contribution in [2.75, 3.05) is 31.1 Å². The van der Waals surface area contributed by atoms with Gasteiger partial charge in [-0.1, -0.05) is 46.9 Å². The molecule has 32 heavy (non-hydrogen) atoms. The number of anilines is 1. The zero-order valence-electron chi connectivity index (χ0n) is 17.9. The summed E-state index contributed by atoms with van der Waals surface area (Å²) in [6, 6.07) is 12.8. The highest BCUT2D eigenvalue weighted by Gasteiger charge is 2.25. The Morgan fingerprint density at radius 1 is 0.906 bits per heavy atom.